The van der Waals surface area contributed by atoms with Crippen LogP contribution in [0.15, 0.2) is 18.2 Å². The predicted molar refractivity (Wildman–Crippen MR) is 80.9 cm³/mol. The first-order valence-electron chi connectivity index (χ1n) is 7.37. The van der Waals surface area contributed by atoms with E-state index < -0.39 is 11.6 Å². The molecule has 1 aromatic heterocycles. The Balaban J connectivity index is 2.46. The van der Waals surface area contributed by atoms with Gasteiger partial charge in [0.05, 0.1) is 0 Å². The van der Waals surface area contributed by atoms with E-state index in [-0.39, 0.29) is 11.7 Å². The quantitative estimate of drug-likeness (QED) is 0.816. The standard InChI is InChI=1S/C16H21F2N3/c1-3-5-6-10(4-2)15-14(16(19)21-20-15)11-7-12(17)9-13(18)8-11/h7-10H,3-6H2,1-2H3,(H3,19,20,21). The molecule has 0 fully saturated rings. The van der Waals surface area contributed by atoms with Gasteiger partial charge in [-0.05, 0) is 30.5 Å². The van der Waals surface area contributed by atoms with Gasteiger partial charge in [-0.25, -0.2) is 8.78 Å². The van der Waals surface area contributed by atoms with Crippen molar-refractivity contribution in [2.45, 2.75) is 45.4 Å². The summed E-state index contributed by atoms with van der Waals surface area (Å²) < 4.78 is 26.9. The molecule has 0 saturated carbocycles. The summed E-state index contributed by atoms with van der Waals surface area (Å²) in [5, 5.41) is 6.99. The minimum atomic E-state index is -0.613. The fraction of sp³-hybridized carbons (Fsp3) is 0.438. The number of aromatic nitrogens is 2. The number of hydrogen-bond acceptors (Lipinski definition) is 2. The third-order valence-corrected chi connectivity index (χ3v) is 3.78. The van der Waals surface area contributed by atoms with E-state index in [2.05, 4.69) is 24.0 Å². The largest absolute Gasteiger partial charge is 0.382 e. The third-order valence-electron chi connectivity index (χ3n) is 3.78. The number of halogens is 2. The molecule has 0 aliphatic carbocycles. The highest BCUT2D eigenvalue weighted by atomic mass is 19.1. The summed E-state index contributed by atoms with van der Waals surface area (Å²) in [7, 11) is 0. The van der Waals surface area contributed by atoms with Crippen molar-refractivity contribution in [3.05, 3.63) is 35.5 Å². The second-order valence-electron chi connectivity index (χ2n) is 5.30. The van der Waals surface area contributed by atoms with Gasteiger partial charge >= 0.3 is 0 Å². The molecule has 114 valence electrons. The first-order valence-corrected chi connectivity index (χ1v) is 7.37. The first-order chi connectivity index (χ1) is 10.1. The van der Waals surface area contributed by atoms with Gasteiger partial charge in [0.25, 0.3) is 0 Å². The molecule has 0 amide bonds. The Morgan fingerprint density at radius 1 is 1.19 bits per heavy atom. The normalized spacial score (nSPS) is 12.6. The van der Waals surface area contributed by atoms with Crippen molar-refractivity contribution in [1.82, 2.24) is 10.2 Å². The molecule has 3 N–H and O–H groups in total. The molecule has 3 nitrogen and oxygen atoms in total. The number of benzene rings is 1. The molecule has 0 radical (unpaired) electrons. The predicted octanol–water partition coefficient (Wildman–Crippen LogP) is 4.62. The molecule has 0 aliphatic heterocycles. The van der Waals surface area contributed by atoms with Crippen LogP contribution in [0.5, 0.6) is 0 Å². The SMILES string of the molecule is CCCCC(CC)c1[nH]nc(N)c1-c1cc(F)cc(F)c1. The van der Waals surface area contributed by atoms with Crippen LogP contribution in [-0.2, 0) is 0 Å². The fourth-order valence-corrected chi connectivity index (χ4v) is 2.67. The van der Waals surface area contributed by atoms with Gasteiger partial charge in [0.15, 0.2) is 5.82 Å². The number of nitrogens with two attached hydrogens (primary N) is 1. The summed E-state index contributed by atoms with van der Waals surface area (Å²) in [4.78, 5) is 0. The van der Waals surface area contributed by atoms with E-state index in [1.807, 2.05) is 0 Å². The maximum atomic E-state index is 13.5. The summed E-state index contributed by atoms with van der Waals surface area (Å²) >= 11 is 0. The smallest absolute Gasteiger partial charge is 0.153 e. The molecule has 1 aromatic carbocycles. The van der Waals surface area contributed by atoms with Gasteiger partial charge in [-0.15, -0.1) is 0 Å². The number of nitrogens with one attached hydrogen (secondary N) is 1. The van der Waals surface area contributed by atoms with Crippen molar-refractivity contribution in [2.75, 3.05) is 5.73 Å². The molecule has 2 rings (SSSR count). The van der Waals surface area contributed by atoms with Gasteiger partial charge in [0.1, 0.15) is 11.6 Å². The average Bonchev–Trinajstić information content (AvgIpc) is 2.80. The number of rotatable bonds is 6. The zero-order valence-corrected chi connectivity index (χ0v) is 12.4. The van der Waals surface area contributed by atoms with Crippen LogP contribution in [0, 0.1) is 11.6 Å². The van der Waals surface area contributed by atoms with Crippen LogP contribution in [0.1, 0.15) is 51.1 Å². The number of unbranched alkanes of at least 4 members (excludes halogenated alkanes) is 1. The van der Waals surface area contributed by atoms with Crippen LogP contribution in [0.3, 0.4) is 0 Å². The average molecular weight is 293 g/mol. The van der Waals surface area contributed by atoms with E-state index in [0.29, 0.717) is 11.1 Å². The van der Waals surface area contributed by atoms with Crippen LogP contribution in [0.2, 0.25) is 0 Å². The van der Waals surface area contributed by atoms with E-state index in [1.54, 1.807) is 0 Å². The molecular weight excluding hydrogens is 272 g/mol. The maximum Gasteiger partial charge on any atom is 0.153 e. The van der Waals surface area contributed by atoms with Gasteiger partial charge in [-0.1, -0.05) is 26.7 Å². The van der Waals surface area contributed by atoms with Gasteiger partial charge < -0.3 is 5.73 Å². The Bertz CT molecular complexity index is 587. The number of hydrogen-bond donors (Lipinski definition) is 2. The highest BCUT2D eigenvalue weighted by Gasteiger charge is 2.20. The molecule has 1 heterocycles. The molecule has 0 aliphatic rings. The van der Waals surface area contributed by atoms with Crippen LogP contribution in [0.25, 0.3) is 11.1 Å². The summed E-state index contributed by atoms with van der Waals surface area (Å²) in [6.07, 6.45) is 4.12. The zero-order chi connectivity index (χ0) is 15.4. The Kier molecular flexibility index (Phi) is 4.94. The van der Waals surface area contributed by atoms with Crippen LogP contribution >= 0.6 is 0 Å². The number of nitrogens with zero attached hydrogens (tertiary/aromatic N) is 1. The molecule has 1 atom stereocenters. The van der Waals surface area contributed by atoms with Gasteiger partial charge in [0, 0.05) is 23.2 Å². The summed E-state index contributed by atoms with van der Waals surface area (Å²) in [6.45, 7) is 4.23. The Morgan fingerprint density at radius 3 is 2.43 bits per heavy atom. The second kappa shape index (κ2) is 6.70. The van der Waals surface area contributed by atoms with E-state index in [1.165, 1.54) is 12.1 Å². The van der Waals surface area contributed by atoms with E-state index in [0.717, 1.165) is 37.4 Å². The van der Waals surface area contributed by atoms with Crippen LogP contribution in [-0.4, -0.2) is 10.2 Å². The van der Waals surface area contributed by atoms with Gasteiger partial charge in [-0.2, -0.15) is 5.10 Å². The molecule has 2 aromatic rings. The van der Waals surface area contributed by atoms with E-state index in [9.17, 15) is 8.78 Å². The highest BCUT2D eigenvalue weighted by Crippen LogP contribution is 2.36. The van der Waals surface area contributed by atoms with E-state index in [4.69, 9.17) is 5.73 Å². The summed E-state index contributed by atoms with van der Waals surface area (Å²) in [5.41, 5.74) is 7.83. The number of aromatic amines is 1. The molecule has 0 bridgehead atoms. The third kappa shape index (κ3) is 3.40. The Hall–Kier alpha value is -1.91. The molecule has 5 heteroatoms. The highest BCUT2D eigenvalue weighted by molar-refractivity contribution is 5.76. The monoisotopic (exact) mass is 293 g/mol. The van der Waals surface area contributed by atoms with Crippen molar-refractivity contribution in [1.29, 1.82) is 0 Å². The number of anilines is 1. The van der Waals surface area contributed by atoms with E-state index >= 15 is 0 Å². The van der Waals surface area contributed by atoms with Crippen molar-refractivity contribution >= 4 is 5.82 Å². The number of nitrogen functional groups attached to an aromatic ring is 1. The van der Waals surface area contributed by atoms with Crippen molar-refractivity contribution in [2.24, 2.45) is 0 Å². The lowest BCUT2D eigenvalue weighted by atomic mass is 9.91. The number of H-pyrrole nitrogens is 1. The lowest BCUT2D eigenvalue weighted by molar-refractivity contribution is 0.557. The minimum Gasteiger partial charge on any atom is -0.382 e. The summed E-state index contributed by atoms with van der Waals surface area (Å²) in [6, 6.07) is 3.44. The lowest BCUT2D eigenvalue weighted by Crippen LogP contribution is -2.01. The Labute approximate surface area is 123 Å². The molecular formula is C16H21F2N3. The first kappa shape index (κ1) is 15.5. The molecule has 0 saturated heterocycles. The maximum absolute atomic E-state index is 13.5. The fourth-order valence-electron chi connectivity index (χ4n) is 2.67. The second-order valence-corrected chi connectivity index (χ2v) is 5.30. The molecule has 1 unspecified atom stereocenters. The zero-order valence-electron chi connectivity index (χ0n) is 12.4. The van der Waals surface area contributed by atoms with Crippen molar-refractivity contribution in [3.8, 4) is 11.1 Å². The molecule has 21 heavy (non-hydrogen) atoms. The lowest BCUT2D eigenvalue weighted by Gasteiger charge is -2.15. The topological polar surface area (TPSA) is 54.7 Å². The van der Waals surface area contributed by atoms with Crippen molar-refractivity contribution in [3.63, 3.8) is 0 Å². The van der Waals surface area contributed by atoms with Gasteiger partial charge in [0.2, 0.25) is 0 Å². The van der Waals surface area contributed by atoms with Crippen LogP contribution < -0.4 is 5.73 Å². The summed E-state index contributed by atoms with van der Waals surface area (Å²) in [5.74, 6) is -0.683. The minimum absolute atomic E-state index is 0.260. The van der Waals surface area contributed by atoms with Crippen LogP contribution in [0.4, 0.5) is 14.6 Å². The molecule has 0 spiro atoms. The Morgan fingerprint density at radius 2 is 1.86 bits per heavy atom. The van der Waals surface area contributed by atoms with Gasteiger partial charge in [-0.3, -0.25) is 5.10 Å². The van der Waals surface area contributed by atoms with Crippen molar-refractivity contribution < 1.29 is 8.78 Å².